The summed E-state index contributed by atoms with van der Waals surface area (Å²) in [4.78, 5) is 173. The van der Waals surface area contributed by atoms with Gasteiger partial charge in [-0.15, -0.1) is 0 Å². The predicted molar refractivity (Wildman–Crippen MR) is 368 cm³/mol. The van der Waals surface area contributed by atoms with Crippen molar-refractivity contribution in [3.63, 3.8) is 0 Å². The number of nitrogens with zero attached hydrogens (tertiary/aromatic N) is 2. The van der Waals surface area contributed by atoms with Crippen LogP contribution in [0.15, 0.2) is 128 Å². The number of H-pyrrole nitrogens is 4. The van der Waals surface area contributed by atoms with E-state index in [2.05, 4.69) is 78.1 Å². The Morgan fingerprint density at radius 3 is 1.50 bits per heavy atom. The molecule has 0 aliphatic carbocycles. The molecular formula is C69H81N19O13. The Morgan fingerprint density at radius 2 is 1.04 bits per heavy atom. The van der Waals surface area contributed by atoms with Crippen molar-refractivity contribution in [2.24, 2.45) is 11.5 Å². The first-order chi connectivity index (χ1) is 48.7. The van der Waals surface area contributed by atoms with Gasteiger partial charge in [0.25, 0.3) is 0 Å². The third-order valence-corrected chi connectivity index (χ3v) is 17.8. The molecular weight excluding hydrogens is 1300 g/mol. The maximum atomic E-state index is 15.5. The van der Waals surface area contributed by atoms with Gasteiger partial charge in [-0.2, -0.15) is 0 Å². The van der Waals surface area contributed by atoms with Crippen LogP contribution in [0.3, 0.4) is 0 Å². The number of nitrogens with one attached hydrogen (secondary N) is 15. The standard InChI is InChI=1S/C69H81N19O13/c70-58(91)34-78-67(100)57-16-8-24-88(57)68(101)50(15-7-23-74-69(71)72)81-62(95)52(26-38-30-75-46-12-4-1-9-43(38)46)84-63(96)53(27-39-31-76-47-13-5-2-10-44(39)47)83-61(94)51(25-37-17-19-42(90)20-18-37)82-66(99)56(35-89)87-64(97)54(28-40-32-77-48-14-6-3-11-45(40)48)85-65(98)55(29-41-33-73-36-79-41)86-60(93)49-21-22-59(92)80-49/h1-6,9-14,17-20,30-33,36,49-57,75-77,89-90H,7-8,15-16,21-29,34-35H2,(H2,70,91)(H,73,79)(H,78,100)(H,80,92)(H,81,95)(H,82,99)(H,83,94)(H,84,96)(H,85,98)(H,86,93)(H,87,97)(H4,71,72,74)/t49-,50-,51-,52-,53+,54-,55-,56-,57-/m0/s1. The van der Waals surface area contributed by atoms with E-state index in [4.69, 9.17) is 16.9 Å². The number of para-hydroxylation sites is 3. The first-order valence-corrected chi connectivity index (χ1v) is 33.1. The number of amides is 11. The smallest absolute Gasteiger partial charge is 0.245 e. The van der Waals surface area contributed by atoms with Crippen molar-refractivity contribution in [2.75, 3.05) is 26.2 Å². The number of hydrogen-bond donors (Lipinski definition) is 19. The van der Waals surface area contributed by atoms with E-state index in [0.29, 0.717) is 67.1 Å². The molecule has 0 saturated carbocycles. The Bertz CT molecular complexity index is 4340. The minimum absolute atomic E-state index is 0.0420. The first-order valence-electron chi connectivity index (χ1n) is 33.1. The third-order valence-electron chi connectivity index (χ3n) is 17.8. The number of carbonyl (C=O) groups is 11. The molecule has 9 atom stereocenters. The number of likely N-dealkylation sites (tertiary alicyclic amines) is 1. The van der Waals surface area contributed by atoms with E-state index < -0.39 is 127 Å². The highest BCUT2D eigenvalue weighted by molar-refractivity contribution is 6.00. The molecule has 8 aromatic rings. The number of imidazole rings is 1. The van der Waals surface area contributed by atoms with E-state index >= 15 is 14.4 Å². The fourth-order valence-corrected chi connectivity index (χ4v) is 12.6. The Balaban J connectivity index is 0.933. The monoisotopic (exact) mass is 1380 g/mol. The summed E-state index contributed by atoms with van der Waals surface area (Å²) in [6, 6.07) is 14.6. The first kappa shape index (κ1) is 71.7. The van der Waals surface area contributed by atoms with E-state index in [1.54, 1.807) is 79.3 Å². The van der Waals surface area contributed by atoms with Gasteiger partial charge in [0, 0.05) is 109 Å². The summed E-state index contributed by atoms with van der Waals surface area (Å²) >= 11 is 0. The molecule has 10 rings (SSSR count). The summed E-state index contributed by atoms with van der Waals surface area (Å²) in [6.45, 7) is -1.30. The Kier molecular flexibility index (Phi) is 23.7. The minimum Gasteiger partial charge on any atom is -0.508 e. The second kappa shape index (κ2) is 33.4. The zero-order valence-electron chi connectivity index (χ0n) is 54.9. The number of aromatic amines is 4. The summed E-state index contributed by atoms with van der Waals surface area (Å²) < 4.78 is 0. The number of aliphatic hydroxyl groups excluding tert-OH is 1. The number of aromatic nitrogens is 5. The molecule has 4 aromatic heterocycles. The topological polar surface area (TPSA) is 504 Å². The molecule has 0 spiro atoms. The van der Waals surface area contributed by atoms with E-state index in [-0.39, 0.29) is 94.9 Å². The van der Waals surface area contributed by atoms with Crippen molar-refractivity contribution in [1.82, 2.24) is 83.0 Å². The fourth-order valence-electron chi connectivity index (χ4n) is 12.6. The second-order valence-corrected chi connectivity index (χ2v) is 25.0. The molecule has 2 aliphatic rings. The molecule has 2 saturated heterocycles. The van der Waals surface area contributed by atoms with Crippen LogP contribution in [-0.2, 0) is 84.8 Å². The third kappa shape index (κ3) is 18.8. The lowest BCUT2D eigenvalue weighted by Crippen LogP contribution is -2.62. The Labute approximate surface area is 577 Å². The number of hydrogen-bond acceptors (Lipinski definition) is 15. The summed E-state index contributed by atoms with van der Waals surface area (Å²) in [5.41, 5.74) is 15.4. The van der Waals surface area contributed by atoms with E-state index in [1.165, 1.54) is 41.7 Å². The van der Waals surface area contributed by atoms with Crippen molar-refractivity contribution in [2.45, 2.75) is 125 Å². The molecule has 0 unspecified atom stereocenters. The molecule has 2 fully saturated rings. The molecule has 6 heterocycles. The maximum Gasteiger partial charge on any atom is 0.245 e. The number of primary amides is 1. The second-order valence-electron chi connectivity index (χ2n) is 25.0. The fraction of sp³-hybridized carbons (Fsp3) is 0.348. The molecule has 21 N–H and O–H groups in total. The van der Waals surface area contributed by atoms with Gasteiger partial charge in [0.1, 0.15) is 60.1 Å². The molecule has 2 aliphatic heterocycles. The van der Waals surface area contributed by atoms with Gasteiger partial charge in [-0.05, 0) is 84.7 Å². The van der Waals surface area contributed by atoms with E-state index in [0.717, 1.165) is 0 Å². The summed E-state index contributed by atoms with van der Waals surface area (Å²) in [5.74, 6) is -9.17. The number of phenolic OH excluding ortho intramolecular Hbond substituents is 1. The van der Waals surface area contributed by atoms with Gasteiger partial charge in [0.2, 0.25) is 65.0 Å². The number of phenols is 1. The summed E-state index contributed by atoms with van der Waals surface area (Å²) in [5, 5.41) is 57.9. The van der Waals surface area contributed by atoms with Gasteiger partial charge in [0.15, 0.2) is 5.96 Å². The van der Waals surface area contributed by atoms with Gasteiger partial charge < -0.3 is 99.7 Å². The van der Waals surface area contributed by atoms with Gasteiger partial charge in [-0.3, -0.25) is 58.1 Å². The van der Waals surface area contributed by atoms with Gasteiger partial charge in [-0.1, -0.05) is 66.7 Å². The Hall–Kier alpha value is -12.1. The zero-order valence-corrected chi connectivity index (χ0v) is 54.9. The summed E-state index contributed by atoms with van der Waals surface area (Å²) in [7, 11) is 0. The maximum absolute atomic E-state index is 15.5. The van der Waals surface area contributed by atoms with Gasteiger partial charge in [0.05, 0.1) is 25.2 Å². The predicted octanol–water partition coefficient (Wildman–Crippen LogP) is -1.41. The highest BCUT2D eigenvalue weighted by Gasteiger charge is 2.40. The van der Waals surface area contributed by atoms with Crippen LogP contribution in [0.1, 0.15) is 66.5 Å². The van der Waals surface area contributed by atoms with Crippen LogP contribution in [0.25, 0.3) is 32.7 Å². The van der Waals surface area contributed by atoms with Crippen LogP contribution < -0.4 is 64.6 Å². The molecule has 32 nitrogen and oxygen atoms in total. The number of aliphatic hydroxyl groups is 1. The van der Waals surface area contributed by atoms with Crippen molar-refractivity contribution >= 4 is 104 Å². The number of benzene rings is 4. The average Bonchev–Trinajstić information content (AvgIpc) is 1.82. The van der Waals surface area contributed by atoms with Crippen molar-refractivity contribution in [3.05, 3.63) is 156 Å². The number of rotatable bonds is 33. The number of nitrogens with two attached hydrogens (primary N) is 2. The van der Waals surface area contributed by atoms with E-state index in [1.807, 2.05) is 12.1 Å². The molecule has 11 amide bonds. The number of guanidine groups is 1. The lowest BCUT2D eigenvalue weighted by atomic mass is 10.00. The Morgan fingerprint density at radius 1 is 0.564 bits per heavy atom. The number of fused-ring (bicyclic) bond motifs is 3. The zero-order chi connectivity index (χ0) is 71.7. The minimum atomic E-state index is -1.82. The highest BCUT2D eigenvalue weighted by Crippen LogP contribution is 2.25. The molecule has 4 aromatic carbocycles. The lowest BCUT2D eigenvalue weighted by Gasteiger charge is -2.30. The molecule has 32 heteroatoms. The van der Waals surface area contributed by atoms with Crippen LogP contribution in [0.4, 0.5) is 0 Å². The van der Waals surface area contributed by atoms with Crippen molar-refractivity contribution in [3.8, 4) is 5.75 Å². The number of aromatic hydroxyl groups is 1. The molecule has 0 bridgehead atoms. The van der Waals surface area contributed by atoms with E-state index in [9.17, 15) is 48.6 Å². The number of carbonyl (C=O) groups excluding carboxylic acids is 11. The van der Waals surface area contributed by atoms with Gasteiger partial charge >= 0.3 is 0 Å². The van der Waals surface area contributed by atoms with Crippen LogP contribution >= 0.6 is 0 Å². The van der Waals surface area contributed by atoms with Crippen LogP contribution in [-0.4, -0.2) is 192 Å². The molecule has 0 radical (unpaired) electrons. The summed E-state index contributed by atoms with van der Waals surface area (Å²) in [6.07, 6.45) is 7.82. The largest absolute Gasteiger partial charge is 0.508 e. The average molecular weight is 1380 g/mol. The van der Waals surface area contributed by atoms with Crippen LogP contribution in [0, 0.1) is 5.41 Å². The van der Waals surface area contributed by atoms with Gasteiger partial charge in [-0.25, -0.2) is 4.98 Å². The van der Waals surface area contributed by atoms with Crippen LogP contribution in [0.2, 0.25) is 0 Å². The highest BCUT2D eigenvalue weighted by atomic mass is 16.3. The SMILES string of the molecule is N=C(N)NCCC[C@H](NC(=O)[C@H](Cc1c[nH]c2ccccc12)NC(=O)[C@@H](Cc1c[nH]c2ccccc12)NC(=O)[C@H](Cc1ccc(O)cc1)NC(=O)[C@H](CO)NC(=O)[C@H](Cc1c[nH]c2ccccc12)NC(=O)[C@H](Cc1c[nH]cn1)NC(=O)[C@@H]1CCC(=O)N1)C(=O)N1CCC[C@H]1C(=O)NCC(N)=O. The van der Waals surface area contributed by atoms with Crippen LogP contribution in [0.5, 0.6) is 5.75 Å². The lowest BCUT2D eigenvalue weighted by molar-refractivity contribution is -0.142. The normalized spacial score (nSPS) is 16.3. The van der Waals surface area contributed by atoms with Crippen molar-refractivity contribution in [1.29, 1.82) is 5.41 Å². The molecule has 101 heavy (non-hydrogen) atoms. The van der Waals surface area contributed by atoms with Crippen molar-refractivity contribution < 1.29 is 63.0 Å². The molecule has 530 valence electrons. The quantitative estimate of drug-likeness (QED) is 0.0128.